The van der Waals surface area contributed by atoms with Crippen LogP contribution < -0.4 is 5.43 Å². The first kappa shape index (κ1) is 13.0. The Morgan fingerprint density at radius 1 is 1.24 bits per heavy atom. The van der Waals surface area contributed by atoms with Crippen LogP contribution in [0.1, 0.15) is 22.4 Å². The van der Waals surface area contributed by atoms with Gasteiger partial charge in [0.05, 0.1) is 6.54 Å². The average Bonchev–Trinajstić information content (AvgIpc) is 3.08. The van der Waals surface area contributed by atoms with Crippen molar-refractivity contribution in [2.75, 3.05) is 0 Å². The molecule has 0 unspecified atom stereocenters. The zero-order chi connectivity index (χ0) is 14.4. The zero-order valence-electron chi connectivity index (χ0n) is 11.4. The number of aromatic amines is 1. The fourth-order valence-electron chi connectivity index (χ4n) is 2.96. The molecule has 2 heterocycles. The van der Waals surface area contributed by atoms with Crippen molar-refractivity contribution < 1.29 is 0 Å². The molecule has 0 bridgehead atoms. The highest BCUT2D eigenvalue weighted by atomic mass is 32.1. The quantitative estimate of drug-likeness (QED) is 0.733. The van der Waals surface area contributed by atoms with Crippen LogP contribution in [0.25, 0.3) is 10.3 Å². The van der Waals surface area contributed by atoms with E-state index >= 15 is 0 Å². The lowest BCUT2D eigenvalue weighted by atomic mass is 10.2. The van der Waals surface area contributed by atoms with Crippen molar-refractivity contribution in [1.82, 2.24) is 9.55 Å². The minimum atomic E-state index is 0.147. The van der Waals surface area contributed by atoms with Crippen LogP contribution in [0.5, 0.6) is 0 Å². The molecule has 0 atom stereocenters. The lowest BCUT2D eigenvalue weighted by molar-refractivity contribution is 0.815. The van der Waals surface area contributed by atoms with E-state index in [0.29, 0.717) is 16.8 Å². The van der Waals surface area contributed by atoms with Crippen molar-refractivity contribution in [1.29, 1.82) is 0 Å². The van der Waals surface area contributed by atoms with E-state index < -0.39 is 0 Å². The van der Waals surface area contributed by atoms with Gasteiger partial charge in [0.15, 0.2) is 4.77 Å². The Kier molecular flexibility index (Phi) is 3.05. The van der Waals surface area contributed by atoms with Gasteiger partial charge in [-0.15, -0.1) is 11.3 Å². The van der Waals surface area contributed by atoms with E-state index in [1.54, 1.807) is 11.3 Å². The fourth-order valence-corrected chi connectivity index (χ4v) is 4.59. The van der Waals surface area contributed by atoms with Crippen LogP contribution in [0.3, 0.4) is 0 Å². The molecule has 21 heavy (non-hydrogen) atoms. The van der Waals surface area contributed by atoms with E-state index in [2.05, 4.69) is 17.1 Å². The molecule has 0 saturated heterocycles. The summed E-state index contributed by atoms with van der Waals surface area (Å²) in [6, 6.07) is 10.2. The molecule has 3 aromatic rings. The SMILES string of the molecule is O=c1c2c(sc3c1[nH]c(=S)n3Cc1ccccc1)CCC2. The molecule has 0 aliphatic heterocycles. The Morgan fingerprint density at radius 3 is 2.86 bits per heavy atom. The smallest absolute Gasteiger partial charge is 0.209 e. The van der Waals surface area contributed by atoms with Crippen molar-refractivity contribution >= 4 is 33.9 Å². The summed E-state index contributed by atoms with van der Waals surface area (Å²) < 4.78 is 2.68. The molecule has 0 saturated carbocycles. The van der Waals surface area contributed by atoms with E-state index in [0.717, 1.165) is 29.7 Å². The summed E-state index contributed by atoms with van der Waals surface area (Å²) in [5, 5.41) is 0. The monoisotopic (exact) mass is 314 g/mol. The van der Waals surface area contributed by atoms with Gasteiger partial charge in [0.1, 0.15) is 10.3 Å². The largest absolute Gasteiger partial charge is 0.327 e. The van der Waals surface area contributed by atoms with Gasteiger partial charge in [-0.05, 0) is 37.0 Å². The Balaban J connectivity index is 1.94. The molecular weight excluding hydrogens is 300 g/mol. The van der Waals surface area contributed by atoms with Gasteiger partial charge >= 0.3 is 0 Å². The lowest BCUT2D eigenvalue weighted by Gasteiger charge is -2.05. The lowest BCUT2D eigenvalue weighted by Crippen LogP contribution is -2.08. The minimum Gasteiger partial charge on any atom is -0.327 e. The van der Waals surface area contributed by atoms with Gasteiger partial charge < -0.3 is 9.55 Å². The van der Waals surface area contributed by atoms with E-state index in [1.807, 2.05) is 22.8 Å². The molecule has 1 aromatic carbocycles. The number of nitrogens with one attached hydrogen (secondary N) is 1. The zero-order valence-corrected chi connectivity index (χ0v) is 13.0. The van der Waals surface area contributed by atoms with Gasteiger partial charge in [0.2, 0.25) is 5.43 Å². The van der Waals surface area contributed by atoms with Gasteiger partial charge in [-0.1, -0.05) is 30.3 Å². The third-order valence-electron chi connectivity index (χ3n) is 4.01. The maximum Gasteiger partial charge on any atom is 0.209 e. The number of hydrogen-bond acceptors (Lipinski definition) is 3. The first-order valence-electron chi connectivity index (χ1n) is 7.05. The van der Waals surface area contributed by atoms with Gasteiger partial charge in [-0.3, -0.25) is 4.79 Å². The van der Waals surface area contributed by atoms with E-state index in [-0.39, 0.29) is 5.43 Å². The second kappa shape index (κ2) is 4.93. The molecule has 0 amide bonds. The molecule has 4 rings (SSSR count). The second-order valence-corrected chi connectivity index (χ2v) is 6.84. The van der Waals surface area contributed by atoms with Gasteiger partial charge in [0, 0.05) is 10.4 Å². The molecule has 106 valence electrons. The van der Waals surface area contributed by atoms with Crippen LogP contribution in [-0.4, -0.2) is 9.55 Å². The summed E-state index contributed by atoms with van der Waals surface area (Å²) in [6.07, 6.45) is 3.02. The molecule has 1 N–H and O–H groups in total. The number of rotatable bonds is 2. The maximum atomic E-state index is 12.6. The van der Waals surface area contributed by atoms with E-state index in [1.165, 1.54) is 10.4 Å². The van der Waals surface area contributed by atoms with Crippen LogP contribution in [0, 0.1) is 4.77 Å². The van der Waals surface area contributed by atoms with Crippen LogP contribution in [-0.2, 0) is 19.4 Å². The predicted octanol–water partition coefficient (Wildman–Crippen LogP) is 3.66. The molecule has 5 heteroatoms. The average molecular weight is 314 g/mol. The Morgan fingerprint density at radius 2 is 2.05 bits per heavy atom. The standard InChI is InChI=1S/C16H14N2OS2/c19-14-11-7-4-8-12(11)21-15-13(14)17-16(20)18(15)9-10-5-2-1-3-6-10/h1-3,5-6H,4,7-9H2,(H,17,20). The number of aromatic nitrogens is 2. The summed E-state index contributed by atoms with van der Waals surface area (Å²) in [5.74, 6) is 0. The molecule has 0 spiro atoms. The Labute approximate surface area is 130 Å². The highest BCUT2D eigenvalue weighted by molar-refractivity contribution is 7.71. The number of fused-ring (bicyclic) bond motifs is 2. The highest BCUT2D eigenvalue weighted by Crippen LogP contribution is 2.29. The first-order chi connectivity index (χ1) is 10.2. The minimum absolute atomic E-state index is 0.147. The van der Waals surface area contributed by atoms with E-state index in [9.17, 15) is 4.79 Å². The summed E-state index contributed by atoms with van der Waals surface area (Å²) in [4.78, 5) is 17.9. The third kappa shape index (κ3) is 2.08. The third-order valence-corrected chi connectivity index (χ3v) is 5.65. The second-order valence-electron chi connectivity index (χ2n) is 5.37. The van der Waals surface area contributed by atoms with Crippen molar-refractivity contribution in [3.05, 3.63) is 61.3 Å². The topological polar surface area (TPSA) is 37.8 Å². The summed E-state index contributed by atoms with van der Waals surface area (Å²) in [6.45, 7) is 0.703. The molecule has 0 fully saturated rings. The number of imidazole rings is 1. The number of H-pyrrole nitrogens is 1. The number of nitrogens with zero attached hydrogens (tertiary/aromatic N) is 1. The van der Waals surface area contributed by atoms with Crippen molar-refractivity contribution in [2.24, 2.45) is 0 Å². The summed E-state index contributed by atoms with van der Waals surface area (Å²) in [5.41, 5.74) is 3.01. The van der Waals surface area contributed by atoms with Crippen LogP contribution >= 0.6 is 23.6 Å². The van der Waals surface area contributed by atoms with Crippen molar-refractivity contribution in [2.45, 2.75) is 25.8 Å². The molecular formula is C16H14N2OS2. The van der Waals surface area contributed by atoms with Crippen molar-refractivity contribution in [3.63, 3.8) is 0 Å². The van der Waals surface area contributed by atoms with Crippen molar-refractivity contribution in [3.8, 4) is 0 Å². The van der Waals surface area contributed by atoms with Crippen LogP contribution in [0.2, 0.25) is 0 Å². The highest BCUT2D eigenvalue weighted by Gasteiger charge is 2.20. The van der Waals surface area contributed by atoms with Gasteiger partial charge in [-0.25, -0.2) is 0 Å². The summed E-state index contributed by atoms with van der Waals surface area (Å²) in [7, 11) is 0. The van der Waals surface area contributed by atoms with Gasteiger partial charge in [0.25, 0.3) is 0 Å². The van der Waals surface area contributed by atoms with Crippen LogP contribution in [0.15, 0.2) is 35.1 Å². The predicted molar refractivity (Wildman–Crippen MR) is 88.8 cm³/mol. The fraction of sp³-hybridized carbons (Fsp3) is 0.250. The molecule has 1 aliphatic carbocycles. The first-order valence-corrected chi connectivity index (χ1v) is 8.28. The number of hydrogen-bond donors (Lipinski definition) is 1. The molecule has 0 radical (unpaired) electrons. The van der Waals surface area contributed by atoms with Crippen LogP contribution in [0.4, 0.5) is 0 Å². The Bertz CT molecular complexity index is 935. The number of benzene rings is 1. The maximum absolute atomic E-state index is 12.6. The molecule has 2 aromatic heterocycles. The van der Waals surface area contributed by atoms with Gasteiger partial charge in [-0.2, -0.15) is 0 Å². The molecule has 1 aliphatic rings. The van der Waals surface area contributed by atoms with E-state index in [4.69, 9.17) is 12.2 Å². The molecule has 3 nitrogen and oxygen atoms in total. The summed E-state index contributed by atoms with van der Waals surface area (Å²) >= 11 is 7.15. The Hall–Kier alpha value is -1.72. The number of aryl methyl sites for hydroxylation is 1. The normalized spacial score (nSPS) is 13.7.